The Hall–Kier alpha value is -0.0200. The maximum Gasteiger partial charge on any atom is 0.464 e. The maximum atomic E-state index is 12.8. The van der Waals surface area contributed by atoms with Crippen LogP contribution in [0.3, 0.4) is 0 Å². The first-order valence-electron chi connectivity index (χ1n) is 3.92. The summed E-state index contributed by atoms with van der Waals surface area (Å²) in [7, 11) is 0. The van der Waals surface area contributed by atoms with Crippen LogP contribution in [0.15, 0.2) is 26.0 Å². The summed E-state index contributed by atoms with van der Waals surface area (Å²) in [6.07, 6.45) is -5.60. The summed E-state index contributed by atoms with van der Waals surface area (Å²) in [4.78, 5) is -0.250. The number of thioether (sulfide) groups is 1. The Kier molecular flexibility index (Phi) is 4.36. The van der Waals surface area contributed by atoms with Crippen LogP contribution in [0.25, 0.3) is 0 Å². The van der Waals surface area contributed by atoms with Crippen LogP contribution in [0.2, 0.25) is 0 Å². The van der Waals surface area contributed by atoms with Crippen molar-refractivity contribution < 1.29 is 22.0 Å². The van der Waals surface area contributed by atoms with Crippen molar-refractivity contribution in [3.8, 4) is 0 Å². The molecule has 2 N–H and O–H groups in total. The predicted molar refractivity (Wildman–Crippen MR) is 63.1 cm³/mol. The number of rotatable bonds is 2. The number of nitrogens with two attached hydrogens (primary N) is 1. The second-order valence-corrected chi connectivity index (χ2v) is 5.81. The number of alkyl halides is 5. The normalized spacial score (nSPS) is 12.9. The summed E-state index contributed by atoms with van der Waals surface area (Å²) in [6.45, 7) is 0. The SMILES string of the molecule is Nc1c(Br)cc(SC(F)(F)C(F)(F)F)cc1Br. The van der Waals surface area contributed by atoms with E-state index in [0.29, 0.717) is 0 Å². The van der Waals surface area contributed by atoms with Crippen LogP contribution in [-0.2, 0) is 0 Å². The minimum absolute atomic E-state index is 0.227. The lowest BCUT2D eigenvalue weighted by Crippen LogP contribution is -2.32. The molecule has 0 spiro atoms. The lowest BCUT2D eigenvalue weighted by Gasteiger charge is -2.19. The van der Waals surface area contributed by atoms with E-state index in [0.717, 1.165) is 12.1 Å². The Morgan fingerprint density at radius 2 is 1.41 bits per heavy atom. The van der Waals surface area contributed by atoms with E-state index in [1.54, 1.807) is 0 Å². The third-order valence-corrected chi connectivity index (χ3v) is 3.90. The molecular formula is C8H4Br2F5NS. The third kappa shape index (κ3) is 3.47. The van der Waals surface area contributed by atoms with Crippen LogP contribution >= 0.6 is 43.6 Å². The molecule has 0 unspecified atom stereocenters. The van der Waals surface area contributed by atoms with Crippen molar-refractivity contribution in [3.05, 3.63) is 21.1 Å². The first-order chi connectivity index (χ1) is 7.54. The third-order valence-electron chi connectivity index (χ3n) is 1.63. The Labute approximate surface area is 114 Å². The average molecular weight is 401 g/mol. The van der Waals surface area contributed by atoms with Gasteiger partial charge in [0, 0.05) is 13.8 Å². The summed E-state index contributed by atoms with van der Waals surface area (Å²) >= 11 is 5.34. The van der Waals surface area contributed by atoms with Gasteiger partial charge in [-0.05, 0) is 55.8 Å². The van der Waals surface area contributed by atoms with E-state index in [2.05, 4.69) is 31.9 Å². The molecule has 0 aliphatic carbocycles. The van der Waals surface area contributed by atoms with Gasteiger partial charge in [-0.15, -0.1) is 0 Å². The van der Waals surface area contributed by atoms with Gasteiger partial charge in [-0.2, -0.15) is 22.0 Å². The quantitative estimate of drug-likeness (QED) is 0.427. The van der Waals surface area contributed by atoms with E-state index in [1.807, 2.05) is 0 Å². The molecule has 0 aliphatic heterocycles. The van der Waals surface area contributed by atoms with Crippen LogP contribution in [-0.4, -0.2) is 11.4 Å². The van der Waals surface area contributed by atoms with Crippen molar-refractivity contribution in [1.82, 2.24) is 0 Å². The lowest BCUT2D eigenvalue weighted by atomic mass is 10.3. The van der Waals surface area contributed by atoms with Gasteiger partial charge in [-0.1, -0.05) is 0 Å². The minimum atomic E-state index is -5.60. The van der Waals surface area contributed by atoms with Crippen molar-refractivity contribution >= 4 is 49.3 Å². The zero-order valence-electron chi connectivity index (χ0n) is 7.79. The number of hydrogen-bond acceptors (Lipinski definition) is 2. The highest BCUT2D eigenvalue weighted by Gasteiger charge is 2.58. The van der Waals surface area contributed by atoms with E-state index in [-0.39, 0.29) is 19.5 Å². The largest absolute Gasteiger partial charge is 0.464 e. The number of halogens is 7. The first-order valence-corrected chi connectivity index (χ1v) is 6.33. The van der Waals surface area contributed by atoms with Crippen LogP contribution in [0.4, 0.5) is 27.6 Å². The fourth-order valence-corrected chi connectivity index (χ4v) is 3.08. The number of nitrogen functional groups attached to an aromatic ring is 1. The van der Waals surface area contributed by atoms with Gasteiger partial charge in [-0.3, -0.25) is 0 Å². The molecule has 0 fully saturated rings. The van der Waals surface area contributed by atoms with Crippen molar-refractivity contribution in [1.29, 1.82) is 0 Å². The molecule has 17 heavy (non-hydrogen) atoms. The van der Waals surface area contributed by atoms with Crippen molar-refractivity contribution in [3.63, 3.8) is 0 Å². The van der Waals surface area contributed by atoms with Gasteiger partial charge in [0.05, 0.1) is 5.69 Å². The van der Waals surface area contributed by atoms with Gasteiger partial charge in [0.25, 0.3) is 0 Å². The molecule has 0 bridgehead atoms. The van der Waals surface area contributed by atoms with Crippen LogP contribution in [0.5, 0.6) is 0 Å². The molecular weight excluding hydrogens is 397 g/mol. The molecule has 0 amide bonds. The number of hydrogen-bond donors (Lipinski definition) is 1. The predicted octanol–water partition coefficient (Wildman–Crippen LogP) is 5.04. The molecule has 1 aromatic carbocycles. The van der Waals surface area contributed by atoms with Crippen molar-refractivity contribution in [2.45, 2.75) is 16.3 Å². The van der Waals surface area contributed by atoms with Crippen molar-refractivity contribution in [2.75, 3.05) is 5.73 Å². The average Bonchev–Trinajstić information content (AvgIpc) is 2.11. The molecule has 1 aromatic rings. The summed E-state index contributed by atoms with van der Waals surface area (Å²) in [5.74, 6) is 0. The molecule has 1 rings (SSSR count). The Balaban J connectivity index is 3.05. The zero-order valence-corrected chi connectivity index (χ0v) is 11.8. The molecule has 9 heteroatoms. The Morgan fingerprint density at radius 1 is 1.00 bits per heavy atom. The van der Waals surface area contributed by atoms with Gasteiger partial charge < -0.3 is 5.73 Å². The molecule has 0 aliphatic rings. The fraction of sp³-hybridized carbons (Fsp3) is 0.250. The van der Waals surface area contributed by atoms with Crippen molar-refractivity contribution in [2.24, 2.45) is 0 Å². The van der Waals surface area contributed by atoms with E-state index in [1.165, 1.54) is 0 Å². The maximum absolute atomic E-state index is 12.8. The molecule has 96 valence electrons. The lowest BCUT2D eigenvalue weighted by molar-refractivity contribution is -0.237. The van der Waals surface area contributed by atoms with Crippen LogP contribution in [0, 0.1) is 0 Å². The van der Waals surface area contributed by atoms with E-state index in [9.17, 15) is 22.0 Å². The highest BCUT2D eigenvalue weighted by atomic mass is 79.9. The topological polar surface area (TPSA) is 26.0 Å². The zero-order chi connectivity index (χ0) is 13.4. The van der Waals surface area contributed by atoms with Crippen LogP contribution < -0.4 is 5.73 Å². The molecule has 0 atom stereocenters. The summed E-state index contributed by atoms with van der Waals surface area (Å²) in [6, 6.07) is 2.20. The van der Waals surface area contributed by atoms with Gasteiger partial charge in [-0.25, -0.2) is 0 Å². The molecule has 0 heterocycles. The smallest absolute Gasteiger partial charge is 0.397 e. The van der Waals surface area contributed by atoms with Crippen LogP contribution in [0.1, 0.15) is 0 Å². The molecule has 0 saturated heterocycles. The monoisotopic (exact) mass is 399 g/mol. The molecule has 0 aromatic heterocycles. The molecule has 0 radical (unpaired) electrons. The fourth-order valence-electron chi connectivity index (χ4n) is 0.826. The van der Waals surface area contributed by atoms with Gasteiger partial charge in [0.1, 0.15) is 0 Å². The van der Waals surface area contributed by atoms with E-state index in [4.69, 9.17) is 5.73 Å². The number of benzene rings is 1. The highest BCUT2D eigenvalue weighted by Crippen LogP contribution is 2.48. The second-order valence-electron chi connectivity index (χ2n) is 2.92. The Bertz CT molecular complexity index is 411. The second kappa shape index (κ2) is 4.93. The summed E-state index contributed by atoms with van der Waals surface area (Å²) in [5.41, 5.74) is 5.71. The first kappa shape index (κ1) is 15.0. The highest BCUT2D eigenvalue weighted by molar-refractivity contribution is 9.11. The van der Waals surface area contributed by atoms with Gasteiger partial charge >= 0.3 is 11.4 Å². The van der Waals surface area contributed by atoms with E-state index < -0.39 is 23.2 Å². The minimum Gasteiger partial charge on any atom is -0.397 e. The Morgan fingerprint density at radius 3 is 1.76 bits per heavy atom. The molecule has 1 nitrogen and oxygen atoms in total. The van der Waals surface area contributed by atoms with Gasteiger partial charge in [0.2, 0.25) is 0 Å². The standard InChI is InChI=1S/C8H4Br2F5NS/c9-4-1-3(2-5(10)6(4)16)17-8(14,15)7(11,12)13/h1-2H,16H2. The summed E-state index contributed by atoms with van der Waals surface area (Å²) < 4.78 is 61.9. The molecule has 0 saturated carbocycles. The number of anilines is 1. The van der Waals surface area contributed by atoms with E-state index >= 15 is 0 Å². The summed E-state index contributed by atoms with van der Waals surface area (Å²) in [5, 5.41) is -4.85. The van der Waals surface area contributed by atoms with Gasteiger partial charge in [0.15, 0.2) is 0 Å².